The van der Waals surface area contributed by atoms with Crippen LogP contribution < -0.4 is 16.4 Å². The first kappa shape index (κ1) is 26.8. The monoisotopic (exact) mass is 569 g/mol. The number of nitrogens with one attached hydrogen (secondary N) is 2. The van der Waals surface area contributed by atoms with E-state index in [4.69, 9.17) is 40.5 Å². The third-order valence-electron chi connectivity index (χ3n) is 6.09. The lowest BCUT2D eigenvalue weighted by molar-refractivity contribution is -0.120. The van der Waals surface area contributed by atoms with Crippen LogP contribution in [-0.2, 0) is 15.0 Å². The zero-order valence-electron chi connectivity index (χ0n) is 18.8. The quantitative estimate of drug-likeness (QED) is 0.333. The number of benzene rings is 3. The van der Waals surface area contributed by atoms with E-state index in [1.165, 1.54) is 43.3 Å². The van der Waals surface area contributed by atoms with Crippen molar-refractivity contribution < 1.29 is 27.6 Å². The standard InChI is InChI=1S/C25H17Cl3F3N3O3/c1-11(35)33-14-3-5-15(6-4-14)34-22(36)16-9-13(10-19(30)20(16)31)24(23(32)37)21(25(24,27)28)12-2-7-18(29)17(26)8-12/h2-10,21H,1H3,(H2,32,37)(H,33,35)(H,34,36). The number of amides is 3. The molecule has 37 heavy (non-hydrogen) atoms. The maximum atomic E-state index is 14.7. The first-order valence-electron chi connectivity index (χ1n) is 10.6. The number of alkyl halides is 2. The molecule has 0 radical (unpaired) electrons. The van der Waals surface area contributed by atoms with Crippen molar-refractivity contribution in [3.8, 4) is 0 Å². The van der Waals surface area contributed by atoms with Crippen LogP contribution in [0.3, 0.4) is 0 Å². The van der Waals surface area contributed by atoms with E-state index < -0.39 is 50.5 Å². The maximum absolute atomic E-state index is 14.7. The Hall–Kier alpha value is -3.27. The summed E-state index contributed by atoms with van der Waals surface area (Å²) in [5.41, 5.74) is 3.58. The minimum atomic E-state index is -1.99. The van der Waals surface area contributed by atoms with Gasteiger partial charge in [0.1, 0.15) is 15.6 Å². The van der Waals surface area contributed by atoms with Crippen LogP contribution in [0.4, 0.5) is 24.5 Å². The van der Waals surface area contributed by atoms with Crippen molar-refractivity contribution in [2.75, 3.05) is 10.6 Å². The molecule has 2 unspecified atom stereocenters. The molecule has 12 heteroatoms. The van der Waals surface area contributed by atoms with Gasteiger partial charge in [-0.1, -0.05) is 40.9 Å². The molecular formula is C25H17Cl3F3N3O3. The van der Waals surface area contributed by atoms with Gasteiger partial charge in [0.05, 0.1) is 10.6 Å². The molecular weight excluding hydrogens is 554 g/mol. The number of carbonyl (C=O) groups excluding carboxylic acids is 3. The minimum Gasteiger partial charge on any atom is -0.369 e. The van der Waals surface area contributed by atoms with E-state index >= 15 is 0 Å². The fourth-order valence-electron chi connectivity index (χ4n) is 4.38. The van der Waals surface area contributed by atoms with Gasteiger partial charge in [0.25, 0.3) is 5.91 Å². The average molecular weight is 571 g/mol. The highest BCUT2D eigenvalue weighted by Crippen LogP contribution is 2.74. The number of hydrogen-bond donors (Lipinski definition) is 3. The SMILES string of the molecule is CC(=O)Nc1ccc(NC(=O)c2cc(C3(C(N)=O)C(c4ccc(F)c(Cl)c4)C3(Cl)Cl)cc(F)c2F)cc1. The van der Waals surface area contributed by atoms with Crippen LogP contribution >= 0.6 is 34.8 Å². The summed E-state index contributed by atoms with van der Waals surface area (Å²) >= 11 is 18.8. The van der Waals surface area contributed by atoms with E-state index in [0.29, 0.717) is 11.8 Å². The molecule has 0 aliphatic heterocycles. The summed E-state index contributed by atoms with van der Waals surface area (Å²) in [4.78, 5) is 36.8. The Morgan fingerprint density at radius 2 is 1.49 bits per heavy atom. The largest absolute Gasteiger partial charge is 0.369 e. The van der Waals surface area contributed by atoms with Crippen LogP contribution in [-0.4, -0.2) is 22.1 Å². The third kappa shape index (κ3) is 4.52. The van der Waals surface area contributed by atoms with Gasteiger partial charge < -0.3 is 16.4 Å². The molecule has 0 spiro atoms. The molecule has 3 aromatic carbocycles. The van der Waals surface area contributed by atoms with Crippen LogP contribution in [0.2, 0.25) is 5.02 Å². The smallest absolute Gasteiger partial charge is 0.258 e. The molecule has 1 aliphatic rings. The molecule has 3 aromatic rings. The Kier molecular flexibility index (Phi) is 6.92. The Bertz CT molecular complexity index is 1450. The predicted molar refractivity (Wildman–Crippen MR) is 135 cm³/mol. The molecule has 0 heterocycles. The van der Waals surface area contributed by atoms with Gasteiger partial charge in [-0.2, -0.15) is 0 Å². The van der Waals surface area contributed by atoms with Gasteiger partial charge in [-0.25, -0.2) is 13.2 Å². The van der Waals surface area contributed by atoms with Crippen LogP contribution in [0.25, 0.3) is 0 Å². The molecule has 2 atom stereocenters. The fraction of sp³-hybridized carbons (Fsp3) is 0.160. The van der Waals surface area contributed by atoms with E-state index in [0.717, 1.165) is 12.1 Å². The van der Waals surface area contributed by atoms with Gasteiger partial charge in [-0.3, -0.25) is 14.4 Å². The predicted octanol–water partition coefficient (Wildman–Crippen LogP) is 5.66. The van der Waals surface area contributed by atoms with Crippen molar-refractivity contribution in [3.05, 3.63) is 93.8 Å². The number of carbonyl (C=O) groups is 3. The van der Waals surface area contributed by atoms with Crippen molar-refractivity contribution >= 4 is 63.9 Å². The summed E-state index contributed by atoms with van der Waals surface area (Å²) in [6, 6.07) is 11.0. The van der Waals surface area contributed by atoms with Crippen molar-refractivity contribution in [1.29, 1.82) is 0 Å². The normalized spacial score (nSPS) is 19.7. The van der Waals surface area contributed by atoms with E-state index in [2.05, 4.69) is 10.6 Å². The highest BCUT2D eigenvalue weighted by molar-refractivity contribution is 6.55. The lowest BCUT2D eigenvalue weighted by atomic mass is 9.88. The number of halogens is 6. The van der Waals surface area contributed by atoms with Crippen LogP contribution in [0.15, 0.2) is 54.6 Å². The van der Waals surface area contributed by atoms with Gasteiger partial charge in [0.2, 0.25) is 11.8 Å². The topological polar surface area (TPSA) is 101 Å². The van der Waals surface area contributed by atoms with E-state index in [1.807, 2.05) is 0 Å². The van der Waals surface area contributed by atoms with Crippen molar-refractivity contribution in [3.63, 3.8) is 0 Å². The van der Waals surface area contributed by atoms with Crippen LogP contribution in [0.5, 0.6) is 0 Å². The summed E-state index contributed by atoms with van der Waals surface area (Å²) in [6.45, 7) is 1.32. The first-order valence-corrected chi connectivity index (χ1v) is 11.7. The zero-order valence-corrected chi connectivity index (χ0v) is 21.1. The molecule has 4 rings (SSSR count). The lowest BCUT2D eigenvalue weighted by Crippen LogP contribution is -2.34. The Morgan fingerprint density at radius 1 is 0.892 bits per heavy atom. The van der Waals surface area contributed by atoms with Crippen molar-refractivity contribution in [2.24, 2.45) is 5.73 Å². The molecule has 4 N–H and O–H groups in total. The zero-order chi connectivity index (χ0) is 27.3. The minimum absolute atomic E-state index is 0.211. The molecule has 1 aliphatic carbocycles. The van der Waals surface area contributed by atoms with Crippen molar-refractivity contribution in [1.82, 2.24) is 0 Å². The highest BCUT2D eigenvalue weighted by atomic mass is 35.5. The fourth-order valence-corrected chi connectivity index (χ4v) is 5.67. The van der Waals surface area contributed by atoms with E-state index in [-0.39, 0.29) is 27.7 Å². The summed E-state index contributed by atoms with van der Waals surface area (Å²) in [5, 5.41) is 4.68. The molecule has 6 nitrogen and oxygen atoms in total. The van der Waals surface area contributed by atoms with Gasteiger partial charge in [-0.05, 0) is 59.7 Å². The second-order valence-electron chi connectivity index (χ2n) is 8.43. The second kappa shape index (κ2) is 9.55. The number of nitrogens with two attached hydrogens (primary N) is 1. The van der Waals surface area contributed by atoms with Gasteiger partial charge in [0, 0.05) is 24.2 Å². The highest BCUT2D eigenvalue weighted by Gasteiger charge is 2.81. The summed E-state index contributed by atoms with van der Waals surface area (Å²) in [6.07, 6.45) is 0. The molecule has 0 aromatic heterocycles. The molecule has 0 saturated heterocycles. The summed E-state index contributed by atoms with van der Waals surface area (Å²) < 4.78 is 41.2. The molecule has 0 bridgehead atoms. The average Bonchev–Trinajstić information content (AvgIpc) is 3.35. The van der Waals surface area contributed by atoms with Gasteiger partial charge in [0.15, 0.2) is 11.6 Å². The lowest BCUT2D eigenvalue weighted by Gasteiger charge is -2.17. The van der Waals surface area contributed by atoms with Crippen LogP contribution in [0, 0.1) is 17.5 Å². The van der Waals surface area contributed by atoms with E-state index in [1.54, 1.807) is 0 Å². The van der Waals surface area contributed by atoms with E-state index in [9.17, 15) is 27.6 Å². The van der Waals surface area contributed by atoms with Gasteiger partial charge in [-0.15, -0.1) is 0 Å². The number of hydrogen-bond acceptors (Lipinski definition) is 3. The Morgan fingerprint density at radius 3 is 2.03 bits per heavy atom. The number of rotatable bonds is 6. The Labute approximate surface area is 223 Å². The number of anilines is 2. The first-order chi connectivity index (χ1) is 17.3. The second-order valence-corrected chi connectivity index (χ2v) is 10.2. The summed E-state index contributed by atoms with van der Waals surface area (Å²) in [7, 11) is 0. The van der Waals surface area contributed by atoms with Gasteiger partial charge >= 0.3 is 0 Å². The Balaban J connectivity index is 1.73. The third-order valence-corrected chi connectivity index (χ3v) is 7.42. The number of primary amides is 1. The summed E-state index contributed by atoms with van der Waals surface area (Å²) in [5.74, 6) is -7.19. The molecule has 1 fully saturated rings. The molecule has 192 valence electrons. The maximum Gasteiger partial charge on any atom is 0.258 e. The molecule has 1 saturated carbocycles. The molecule has 3 amide bonds. The van der Waals surface area contributed by atoms with Crippen LogP contribution in [0.1, 0.15) is 34.3 Å². The van der Waals surface area contributed by atoms with Crippen molar-refractivity contribution in [2.45, 2.75) is 22.6 Å².